The van der Waals surface area contributed by atoms with E-state index in [1.54, 1.807) is 0 Å². The van der Waals surface area contributed by atoms with Crippen LogP contribution in [0.15, 0.2) is 0 Å². The SMILES string of the molecule is CCCC(CN1C[C@H](O)[C@H]1C)NC. The van der Waals surface area contributed by atoms with Crippen molar-refractivity contribution in [3.8, 4) is 0 Å². The van der Waals surface area contributed by atoms with Crippen molar-refractivity contribution in [3.05, 3.63) is 0 Å². The van der Waals surface area contributed by atoms with Crippen LogP contribution >= 0.6 is 0 Å². The van der Waals surface area contributed by atoms with Gasteiger partial charge < -0.3 is 10.4 Å². The molecule has 1 aliphatic rings. The first-order chi connectivity index (χ1) is 6.19. The van der Waals surface area contributed by atoms with Crippen LogP contribution in [-0.4, -0.2) is 48.3 Å². The van der Waals surface area contributed by atoms with E-state index in [4.69, 9.17) is 0 Å². The third-order valence-electron chi connectivity index (χ3n) is 3.05. The van der Waals surface area contributed by atoms with E-state index in [0.29, 0.717) is 12.1 Å². The zero-order chi connectivity index (χ0) is 9.84. The Morgan fingerprint density at radius 1 is 1.62 bits per heavy atom. The van der Waals surface area contributed by atoms with Gasteiger partial charge in [-0.3, -0.25) is 4.90 Å². The van der Waals surface area contributed by atoms with Gasteiger partial charge in [-0.15, -0.1) is 0 Å². The molecule has 3 heteroatoms. The number of rotatable bonds is 5. The second-order valence-electron chi connectivity index (χ2n) is 4.04. The Morgan fingerprint density at radius 2 is 2.31 bits per heavy atom. The zero-order valence-electron chi connectivity index (χ0n) is 8.95. The van der Waals surface area contributed by atoms with Crippen LogP contribution in [0.1, 0.15) is 26.7 Å². The molecule has 2 N–H and O–H groups in total. The van der Waals surface area contributed by atoms with E-state index in [1.807, 2.05) is 7.05 Å². The van der Waals surface area contributed by atoms with E-state index in [0.717, 1.165) is 13.1 Å². The molecule has 3 atom stereocenters. The van der Waals surface area contributed by atoms with Gasteiger partial charge in [-0.2, -0.15) is 0 Å². The monoisotopic (exact) mass is 186 g/mol. The van der Waals surface area contributed by atoms with Crippen LogP contribution in [-0.2, 0) is 0 Å². The normalized spacial score (nSPS) is 31.4. The van der Waals surface area contributed by atoms with E-state index in [1.165, 1.54) is 12.8 Å². The molecular formula is C10H22N2O. The molecule has 0 amide bonds. The lowest BCUT2D eigenvalue weighted by molar-refractivity contribution is -0.0561. The number of hydrogen-bond acceptors (Lipinski definition) is 3. The van der Waals surface area contributed by atoms with Gasteiger partial charge in [-0.1, -0.05) is 13.3 Å². The highest BCUT2D eigenvalue weighted by atomic mass is 16.3. The summed E-state index contributed by atoms with van der Waals surface area (Å²) in [6.45, 7) is 6.22. The Balaban J connectivity index is 2.23. The van der Waals surface area contributed by atoms with E-state index in [9.17, 15) is 5.11 Å². The highest BCUT2D eigenvalue weighted by Gasteiger charge is 2.34. The van der Waals surface area contributed by atoms with Crippen LogP contribution in [0, 0.1) is 0 Å². The van der Waals surface area contributed by atoms with E-state index in [2.05, 4.69) is 24.1 Å². The Morgan fingerprint density at radius 3 is 2.69 bits per heavy atom. The summed E-state index contributed by atoms with van der Waals surface area (Å²) in [5.41, 5.74) is 0. The molecule has 3 nitrogen and oxygen atoms in total. The minimum atomic E-state index is -0.0980. The molecule has 13 heavy (non-hydrogen) atoms. The highest BCUT2D eigenvalue weighted by molar-refractivity contribution is 4.90. The average molecular weight is 186 g/mol. The Hall–Kier alpha value is -0.120. The summed E-state index contributed by atoms with van der Waals surface area (Å²) in [5, 5.41) is 12.7. The first-order valence-electron chi connectivity index (χ1n) is 5.28. The lowest BCUT2D eigenvalue weighted by Crippen LogP contribution is -2.61. The van der Waals surface area contributed by atoms with Crippen LogP contribution in [0.4, 0.5) is 0 Å². The lowest BCUT2D eigenvalue weighted by atomic mass is 9.99. The minimum Gasteiger partial charge on any atom is -0.390 e. The highest BCUT2D eigenvalue weighted by Crippen LogP contribution is 2.18. The number of aliphatic hydroxyl groups is 1. The van der Waals surface area contributed by atoms with Crippen molar-refractivity contribution in [2.24, 2.45) is 0 Å². The smallest absolute Gasteiger partial charge is 0.0819 e. The van der Waals surface area contributed by atoms with Crippen molar-refractivity contribution in [3.63, 3.8) is 0 Å². The van der Waals surface area contributed by atoms with Crippen LogP contribution < -0.4 is 5.32 Å². The summed E-state index contributed by atoms with van der Waals surface area (Å²) in [7, 11) is 2.02. The molecule has 78 valence electrons. The molecule has 0 radical (unpaired) electrons. The lowest BCUT2D eigenvalue weighted by Gasteiger charge is -2.45. The molecule has 1 unspecified atom stereocenters. The predicted molar refractivity (Wildman–Crippen MR) is 54.8 cm³/mol. The molecule has 0 bridgehead atoms. The molecule has 0 aromatic carbocycles. The van der Waals surface area contributed by atoms with Crippen LogP contribution in [0.5, 0.6) is 0 Å². The van der Waals surface area contributed by atoms with Crippen molar-refractivity contribution >= 4 is 0 Å². The predicted octanol–water partition coefficient (Wildman–Crippen LogP) is 0.439. The van der Waals surface area contributed by atoms with Gasteiger partial charge in [0.1, 0.15) is 0 Å². The number of likely N-dealkylation sites (tertiary alicyclic amines) is 1. The van der Waals surface area contributed by atoms with E-state index in [-0.39, 0.29) is 6.10 Å². The number of aliphatic hydroxyl groups excluding tert-OH is 1. The van der Waals surface area contributed by atoms with Crippen molar-refractivity contribution in [1.82, 2.24) is 10.2 Å². The van der Waals surface area contributed by atoms with Crippen LogP contribution in [0.25, 0.3) is 0 Å². The van der Waals surface area contributed by atoms with Crippen LogP contribution in [0.3, 0.4) is 0 Å². The molecular weight excluding hydrogens is 164 g/mol. The number of nitrogens with zero attached hydrogens (tertiary/aromatic N) is 1. The van der Waals surface area contributed by atoms with Crippen molar-refractivity contribution in [1.29, 1.82) is 0 Å². The second-order valence-corrected chi connectivity index (χ2v) is 4.04. The van der Waals surface area contributed by atoms with Gasteiger partial charge in [0.25, 0.3) is 0 Å². The van der Waals surface area contributed by atoms with Gasteiger partial charge in [0.15, 0.2) is 0 Å². The second kappa shape index (κ2) is 4.94. The first-order valence-corrected chi connectivity index (χ1v) is 5.28. The van der Waals surface area contributed by atoms with E-state index < -0.39 is 0 Å². The maximum Gasteiger partial charge on any atom is 0.0819 e. The molecule has 0 saturated carbocycles. The molecule has 0 aromatic rings. The molecule has 1 fully saturated rings. The van der Waals surface area contributed by atoms with Gasteiger partial charge in [0.05, 0.1) is 6.10 Å². The molecule has 1 saturated heterocycles. The quantitative estimate of drug-likeness (QED) is 0.654. The Bertz CT molecular complexity index is 150. The standard InChI is InChI=1S/C10H22N2O/c1-4-5-9(11-3)6-12-7-10(13)8(12)2/h8-11,13H,4-7H2,1-3H3/t8-,9?,10+/m1/s1. The molecule has 0 aliphatic carbocycles. The van der Waals surface area contributed by atoms with Gasteiger partial charge in [0, 0.05) is 25.2 Å². The molecule has 0 spiro atoms. The summed E-state index contributed by atoms with van der Waals surface area (Å²) < 4.78 is 0. The largest absolute Gasteiger partial charge is 0.390 e. The van der Waals surface area contributed by atoms with Crippen molar-refractivity contribution < 1.29 is 5.11 Å². The van der Waals surface area contributed by atoms with E-state index >= 15 is 0 Å². The molecule has 1 rings (SSSR count). The average Bonchev–Trinajstić information content (AvgIpc) is 2.15. The Labute approximate surface area is 81.1 Å². The summed E-state index contributed by atoms with van der Waals surface area (Å²) in [4.78, 5) is 2.33. The summed E-state index contributed by atoms with van der Waals surface area (Å²) in [5.74, 6) is 0. The molecule has 1 heterocycles. The Kier molecular flexibility index (Phi) is 4.16. The van der Waals surface area contributed by atoms with Gasteiger partial charge in [0.2, 0.25) is 0 Å². The number of nitrogens with one attached hydrogen (secondary N) is 1. The topological polar surface area (TPSA) is 35.5 Å². The van der Waals surface area contributed by atoms with Gasteiger partial charge in [-0.25, -0.2) is 0 Å². The fourth-order valence-electron chi connectivity index (χ4n) is 1.86. The zero-order valence-corrected chi connectivity index (χ0v) is 8.95. The van der Waals surface area contributed by atoms with Gasteiger partial charge in [-0.05, 0) is 20.4 Å². The number of likely N-dealkylation sites (N-methyl/N-ethyl adjacent to an activating group) is 1. The minimum absolute atomic E-state index is 0.0980. The molecule has 0 aromatic heterocycles. The summed E-state index contributed by atoms with van der Waals surface area (Å²) in [6, 6.07) is 0.938. The third kappa shape index (κ3) is 2.66. The summed E-state index contributed by atoms with van der Waals surface area (Å²) in [6.07, 6.45) is 2.34. The fraction of sp³-hybridized carbons (Fsp3) is 1.00. The maximum absolute atomic E-state index is 9.34. The maximum atomic E-state index is 9.34. The van der Waals surface area contributed by atoms with Crippen molar-refractivity contribution in [2.45, 2.75) is 44.9 Å². The first kappa shape index (κ1) is 11.0. The summed E-state index contributed by atoms with van der Waals surface area (Å²) >= 11 is 0. The van der Waals surface area contributed by atoms with Gasteiger partial charge >= 0.3 is 0 Å². The van der Waals surface area contributed by atoms with Crippen LogP contribution in [0.2, 0.25) is 0 Å². The number of β-amino-alcohol motifs (C(OH)–C–C–N with tert-alkyl or cyclic N) is 1. The molecule has 1 aliphatic heterocycles. The third-order valence-corrected chi connectivity index (χ3v) is 3.05. The number of hydrogen-bond donors (Lipinski definition) is 2. The fourth-order valence-corrected chi connectivity index (χ4v) is 1.86. The van der Waals surface area contributed by atoms with Crippen molar-refractivity contribution in [2.75, 3.05) is 20.1 Å².